The molecule has 0 spiro atoms. The molecule has 1 heterocycles. The first-order valence-corrected chi connectivity index (χ1v) is 10.9. The second-order valence-corrected chi connectivity index (χ2v) is 8.00. The summed E-state index contributed by atoms with van der Waals surface area (Å²) in [6.45, 7) is 3.74. The molecular formula is C28H26FNO5. The lowest BCUT2D eigenvalue weighted by Gasteiger charge is -2.14. The number of allylic oxidation sites excluding steroid dienone is 1. The van der Waals surface area contributed by atoms with E-state index in [1.807, 2.05) is 19.9 Å². The second kappa shape index (κ2) is 9.93. The van der Waals surface area contributed by atoms with Gasteiger partial charge in [0, 0.05) is 39.9 Å². The number of aryl methyl sites for hydroxylation is 1. The highest BCUT2D eigenvalue weighted by Crippen LogP contribution is 2.40. The van der Waals surface area contributed by atoms with Crippen molar-refractivity contribution in [3.8, 4) is 28.4 Å². The number of halogens is 1. The molecule has 4 rings (SSSR count). The molecule has 0 atom stereocenters. The summed E-state index contributed by atoms with van der Waals surface area (Å²) in [6.07, 6.45) is 3.16. The van der Waals surface area contributed by atoms with E-state index < -0.39 is 0 Å². The topological polar surface area (TPSA) is 69.9 Å². The molecule has 180 valence electrons. The number of ether oxygens (including phenoxy) is 3. The van der Waals surface area contributed by atoms with Crippen molar-refractivity contribution in [2.75, 3.05) is 26.6 Å². The molecule has 0 aliphatic rings. The normalized spacial score (nSPS) is 11.4. The van der Waals surface area contributed by atoms with Gasteiger partial charge in [-0.3, -0.25) is 4.79 Å². The van der Waals surface area contributed by atoms with Gasteiger partial charge < -0.3 is 23.9 Å². The smallest absolute Gasteiger partial charge is 0.248 e. The third-order valence-electron chi connectivity index (χ3n) is 5.83. The van der Waals surface area contributed by atoms with Crippen molar-refractivity contribution >= 4 is 28.1 Å². The number of hydrogen-bond acceptors (Lipinski definition) is 5. The van der Waals surface area contributed by atoms with Gasteiger partial charge in [-0.15, -0.1) is 0 Å². The van der Waals surface area contributed by atoms with Crippen LogP contribution in [0, 0.1) is 12.7 Å². The molecule has 4 aromatic rings. The molecular weight excluding hydrogens is 449 g/mol. The fourth-order valence-electron chi connectivity index (χ4n) is 4.09. The molecule has 0 aliphatic heterocycles. The fraction of sp³-hybridized carbons (Fsp3) is 0.179. The van der Waals surface area contributed by atoms with Crippen molar-refractivity contribution in [2.24, 2.45) is 0 Å². The lowest BCUT2D eigenvalue weighted by Crippen LogP contribution is -2.09. The Morgan fingerprint density at radius 3 is 2.34 bits per heavy atom. The van der Waals surface area contributed by atoms with Crippen LogP contribution in [-0.4, -0.2) is 27.2 Å². The van der Waals surface area contributed by atoms with Crippen molar-refractivity contribution < 1.29 is 27.8 Å². The molecule has 1 aromatic heterocycles. The second-order valence-electron chi connectivity index (χ2n) is 8.00. The zero-order valence-corrected chi connectivity index (χ0v) is 20.2. The van der Waals surface area contributed by atoms with Gasteiger partial charge in [-0.2, -0.15) is 0 Å². The standard InChI is InChI=1S/C28H26FNO5/c1-16(12-26(31)30-20-10-11-24(32-3)25(13-20)33-4)21-14-22-23(18-6-8-19(29)9-7-18)15-35-28(22)17(2)27(21)34-5/h6-15H,1-5H3,(H,30,31)/b16-12+. The molecule has 0 bridgehead atoms. The molecule has 7 heteroatoms. The maximum atomic E-state index is 13.4. The van der Waals surface area contributed by atoms with Gasteiger partial charge in [0.2, 0.25) is 5.91 Å². The molecule has 35 heavy (non-hydrogen) atoms. The molecule has 0 fully saturated rings. The Labute approximate surface area is 202 Å². The number of nitrogens with one attached hydrogen (secondary N) is 1. The highest BCUT2D eigenvalue weighted by molar-refractivity contribution is 6.06. The third-order valence-corrected chi connectivity index (χ3v) is 5.83. The molecule has 0 radical (unpaired) electrons. The van der Waals surface area contributed by atoms with Crippen LogP contribution in [0.15, 0.2) is 65.3 Å². The number of carbonyl (C=O) groups excluding carboxylic acids is 1. The van der Waals surface area contributed by atoms with Gasteiger partial charge in [-0.1, -0.05) is 12.1 Å². The van der Waals surface area contributed by atoms with Crippen molar-refractivity contribution in [1.29, 1.82) is 0 Å². The Morgan fingerprint density at radius 2 is 1.69 bits per heavy atom. The number of hydrogen-bond donors (Lipinski definition) is 1. The van der Waals surface area contributed by atoms with Gasteiger partial charge in [0.15, 0.2) is 11.5 Å². The maximum absolute atomic E-state index is 13.4. The SMILES string of the molecule is COc1ccc(NC(=O)/C=C(\C)c2cc3c(-c4ccc(F)cc4)coc3c(C)c2OC)cc1OC. The van der Waals surface area contributed by atoms with Gasteiger partial charge in [0.05, 0.1) is 27.6 Å². The highest BCUT2D eigenvalue weighted by Gasteiger charge is 2.19. The lowest BCUT2D eigenvalue weighted by atomic mass is 9.96. The highest BCUT2D eigenvalue weighted by atomic mass is 19.1. The first-order chi connectivity index (χ1) is 16.9. The quantitative estimate of drug-likeness (QED) is 0.304. The van der Waals surface area contributed by atoms with E-state index in [1.165, 1.54) is 25.3 Å². The van der Waals surface area contributed by atoms with E-state index in [-0.39, 0.29) is 11.7 Å². The predicted octanol–water partition coefficient (Wildman–Crippen LogP) is 6.62. The molecule has 0 saturated heterocycles. The number of methoxy groups -OCH3 is 3. The van der Waals surface area contributed by atoms with E-state index in [0.29, 0.717) is 34.1 Å². The minimum Gasteiger partial charge on any atom is -0.496 e. The maximum Gasteiger partial charge on any atom is 0.248 e. The van der Waals surface area contributed by atoms with Crippen LogP contribution in [-0.2, 0) is 4.79 Å². The average molecular weight is 476 g/mol. The number of anilines is 1. The largest absolute Gasteiger partial charge is 0.496 e. The van der Waals surface area contributed by atoms with Crippen LogP contribution < -0.4 is 19.5 Å². The third kappa shape index (κ3) is 4.71. The molecule has 0 aliphatic carbocycles. The number of rotatable bonds is 7. The Morgan fingerprint density at radius 1 is 0.971 bits per heavy atom. The van der Waals surface area contributed by atoms with Crippen molar-refractivity contribution in [1.82, 2.24) is 0 Å². The molecule has 6 nitrogen and oxygen atoms in total. The fourth-order valence-corrected chi connectivity index (χ4v) is 4.09. The first-order valence-electron chi connectivity index (χ1n) is 10.9. The predicted molar refractivity (Wildman–Crippen MR) is 135 cm³/mol. The zero-order valence-electron chi connectivity index (χ0n) is 20.2. The first kappa shape index (κ1) is 23.9. The van der Waals surface area contributed by atoms with Crippen LogP contribution in [0.3, 0.4) is 0 Å². The summed E-state index contributed by atoms with van der Waals surface area (Å²) in [5, 5.41) is 3.69. The summed E-state index contributed by atoms with van der Waals surface area (Å²) in [4.78, 5) is 12.8. The number of benzene rings is 3. The van der Waals surface area contributed by atoms with Gasteiger partial charge in [-0.25, -0.2) is 4.39 Å². The van der Waals surface area contributed by atoms with E-state index in [4.69, 9.17) is 18.6 Å². The average Bonchev–Trinajstić information content (AvgIpc) is 3.28. The van der Waals surface area contributed by atoms with E-state index >= 15 is 0 Å². The van der Waals surface area contributed by atoms with E-state index in [1.54, 1.807) is 50.8 Å². The van der Waals surface area contributed by atoms with Gasteiger partial charge >= 0.3 is 0 Å². The van der Waals surface area contributed by atoms with Crippen LogP contribution in [0.1, 0.15) is 18.1 Å². The Balaban J connectivity index is 1.71. The molecule has 1 amide bonds. The minimum atomic E-state index is -0.306. The molecule has 3 aromatic carbocycles. The van der Waals surface area contributed by atoms with Crippen LogP contribution in [0.25, 0.3) is 27.7 Å². The van der Waals surface area contributed by atoms with Gasteiger partial charge in [0.1, 0.15) is 17.1 Å². The Kier molecular flexibility index (Phi) is 6.78. The van der Waals surface area contributed by atoms with Gasteiger partial charge in [-0.05, 0) is 55.3 Å². The molecule has 0 unspecified atom stereocenters. The van der Waals surface area contributed by atoms with Crippen LogP contribution >= 0.6 is 0 Å². The van der Waals surface area contributed by atoms with Crippen LogP contribution in [0.2, 0.25) is 0 Å². The summed E-state index contributed by atoms with van der Waals surface area (Å²) in [5.41, 5.74) is 5.17. The Bertz CT molecular complexity index is 1420. The summed E-state index contributed by atoms with van der Waals surface area (Å²) < 4.78 is 35.5. The van der Waals surface area contributed by atoms with Crippen molar-refractivity contribution in [3.63, 3.8) is 0 Å². The number of carbonyl (C=O) groups is 1. The summed E-state index contributed by atoms with van der Waals surface area (Å²) in [7, 11) is 4.67. The minimum absolute atomic E-state index is 0.305. The monoisotopic (exact) mass is 475 g/mol. The number of amides is 1. The summed E-state index contributed by atoms with van der Waals surface area (Å²) >= 11 is 0. The van der Waals surface area contributed by atoms with Crippen molar-refractivity contribution in [3.05, 3.63) is 77.8 Å². The molecule has 0 saturated carbocycles. The number of furan rings is 1. The lowest BCUT2D eigenvalue weighted by molar-refractivity contribution is -0.111. The van der Waals surface area contributed by atoms with Gasteiger partial charge in [0.25, 0.3) is 0 Å². The van der Waals surface area contributed by atoms with Crippen LogP contribution in [0.4, 0.5) is 10.1 Å². The van der Waals surface area contributed by atoms with E-state index in [0.717, 1.165) is 27.6 Å². The number of fused-ring (bicyclic) bond motifs is 1. The van der Waals surface area contributed by atoms with E-state index in [2.05, 4.69) is 5.32 Å². The zero-order chi connectivity index (χ0) is 25.1. The van der Waals surface area contributed by atoms with E-state index in [9.17, 15) is 9.18 Å². The molecule has 1 N–H and O–H groups in total. The summed E-state index contributed by atoms with van der Waals surface area (Å²) in [5.74, 6) is 1.09. The van der Waals surface area contributed by atoms with Crippen molar-refractivity contribution in [2.45, 2.75) is 13.8 Å². The summed E-state index contributed by atoms with van der Waals surface area (Å²) in [6, 6.07) is 13.3. The van der Waals surface area contributed by atoms with Crippen LogP contribution in [0.5, 0.6) is 17.2 Å². The Hall–Kier alpha value is -4.26.